The molecule has 0 aliphatic carbocycles. The van der Waals surface area contributed by atoms with Crippen molar-refractivity contribution in [2.24, 2.45) is 11.1 Å². The molecule has 1 aliphatic heterocycles. The van der Waals surface area contributed by atoms with Crippen molar-refractivity contribution in [2.75, 3.05) is 12.3 Å². The van der Waals surface area contributed by atoms with Crippen molar-refractivity contribution in [3.63, 3.8) is 0 Å². The third-order valence-electron chi connectivity index (χ3n) is 1.86. The van der Waals surface area contributed by atoms with Crippen molar-refractivity contribution >= 4 is 10.0 Å². The fourth-order valence-electron chi connectivity index (χ4n) is 1.02. The maximum absolute atomic E-state index is 10.5. The van der Waals surface area contributed by atoms with Crippen LogP contribution in [-0.4, -0.2) is 26.8 Å². The number of sulfonamides is 1. The summed E-state index contributed by atoms with van der Waals surface area (Å²) in [6, 6.07) is 0.304. The molecule has 4 nitrogen and oxygen atoms in total. The van der Waals surface area contributed by atoms with Crippen molar-refractivity contribution < 1.29 is 8.42 Å². The topological polar surface area (TPSA) is 72.2 Å². The molecular weight excluding hydrogens is 152 g/mol. The third kappa shape index (κ3) is 1.93. The molecule has 0 aromatic rings. The van der Waals surface area contributed by atoms with Crippen molar-refractivity contribution in [3.8, 4) is 0 Å². The Bertz CT molecular complexity index is 212. The van der Waals surface area contributed by atoms with Crippen LogP contribution >= 0.6 is 0 Å². The summed E-state index contributed by atoms with van der Waals surface area (Å²) in [7, 11) is -3.26. The monoisotopic (exact) mass is 164 g/mol. The third-order valence-corrected chi connectivity index (χ3v) is 2.75. The maximum atomic E-state index is 10.5. The van der Waals surface area contributed by atoms with E-state index in [1.54, 1.807) is 0 Å². The molecule has 60 valence electrons. The average molecular weight is 164 g/mol. The Balaban J connectivity index is 2.40. The second kappa shape index (κ2) is 2.48. The largest absolute Gasteiger partial charge is 0.314 e. The fourth-order valence-corrected chi connectivity index (χ4v) is 2.03. The normalized spacial score (nSPS) is 33.4. The Morgan fingerprint density at radius 2 is 2.30 bits per heavy atom. The molecule has 1 rings (SSSR count). The molecule has 0 radical (unpaired) electrons. The van der Waals surface area contributed by atoms with Crippen LogP contribution < -0.4 is 10.5 Å². The zero-order chi connectivity index (χ0) is 7.78. The molecule has 5 heteroatoms. The standard InChI is InChI=1S/C5H12N2O2S/c1-4-5(2-7-4)3-10(6,8)9/h4-5,7H,2-3H2,1H3,(H2,6,8,9)/t4-,5-/m1/s1. The summed E-state index contributed by atoms with van der Waals surface area (Å²) in [5.41, 5.74) is 0. The maximum Gasteiger partial charge on any atom is 0.209 e. The van der Waals surface area contributed by atoms with Gasteiger partial charge in [0.15, 0.2) is 0 Å². The number of rotatable bonds is 2. The van der Waals surface area contributed by atoms with E-state index >= 15 is 0 Å². The van der Waals surface area contributed by atoms with E-state index < -0.39 is 10.0 Å². The summed E-state index contributed by atoms with van der Waals surface area (Å²) in [5, 5.41) is 7.91. The molecule has 0 amide bonds. The average Bonchev–Trinajstić information content (AvgIpc) is 1.78. The summed E-state index contributed by atoms with van der Waals surface area (Å²) in [6.07, 6.45) is 0. The van der Waals surface area contributed by atoms with Gasteiger partial charge in [0.2, 0.25) is 10.0 Å². The Hall–Kier alpha value is -0.130. The van der Waals surface area contributed by atoms with E-state index in [2.05, 4.69) is 5.32 Å². The van der Waals surface area contributed by atoms with Crippen molar-refractivity contribution in [3.05, 3.63) is 0 Å². The van der Waals surface area contributed by atoms with Gasteiger partial charge in [0.05, 0.1) is 5.75 Å². The number of hydrogen-bond donors (Lipinski definition) is 2. The lowest BCUT2D eigenvalue weighted by Crippen LogP contribution is -2.54. The summed E-state index contributed by atoms with van der Waals surface area (Å²) < 4.78 is 21.1. The lowest BCUT2D eigenvalue weighted by molar-refractivity contribution is 0.276. The van der Waals surface area contributed by atoms with Gasteiger partial charge in [0, 0.05) is 18.5 Å². The molecule has 0 aromatic heterocycles. The molecule has 0 spiro atoms. The van der Waals surface area contributed by atoms with Crippen LogP contribution in [0.25, 0.3) is 0 Å². The number of primary sulfonamides is 1. The van der Waals surface area contributed by atoms with Crippen LogP contribution in [0.15, 0.2) is 0 Å². The highest BCUT2D eigenvalue weighted by Crippen LogP contribution is 2.12. The lowest BCUT2D eigenvalue weighted by atomic mass is 9.96. The van der Waals surface area contributed by atoms with E-state index in [0.29, 0.717) is 6.04 Å². The van der Waals surface area contributed by atoms with Gasteiger partial charge in [-0.05, 0) is 6.92 Å². The fraction of sp³-hybridized carbons (Fsp3) is 1.00. The van der Waals surface area contributed by atoms with Gasteiger partial charge >= 0.3 is 0 Å². The Labute approximate surface area is 60.8 Å². The minimum atomic E-state index is -3.26. The second-order valence-corrected chi connectivity index (χ2v) is 4.45. The van der Waals surface area contributed by atoms with Gasteiger partial charge in [-0.3, -0.25) is 0 Å². The van der Waals surface area contributed by atoms with Gasteiger partial charge < -0.3 is 5.32 Å². The molecule has 10 heavy (non-hydrogen) atoms. The Morgan fingerprint density at radius 1 is 1.70 bits per heavy atom. The van der Waals surface area contributed by atoms with E-state index in [9.17, 15) is 8.42 Å². The summed E-state index contributed by atoms with van der Waals surface area (Å²) in [5.74, 6) is 0.330. The first-order valence-corrected chi connectivity index (χ1v) is 4.94. The first-order valence-electron chi connectivity index (χ1n) is 3.23. The van der Waals surface area contributed by atoms with Crippen LogP contribution in [0, 0.1) is 5.92 Å². The molecule has 1 saturated heterocycles. The lowest BCUT2D eigenvalue weighted by Gasteiger charge is -2.34. The van der Waals surface area contributed by atoms with E-state index in [4.69, 9.17) is 5.14 Å². The molecule has 3 N–H and O–H groups in total. The highest BCUT2D eigenvalue weighted by molar-refractivity contribution is 7.89. The molecule has 2 atom stereocenters. The van der Waals surface area contributed by atoms with E-state index in [0.717, 1.165) is 6.54 Å². The molecule has 1 aliphatic rings. The Kier molecular flexibility index (Phi) is 1.98. The number of hydrogen-bond acceptors (Lipinski definition) is 3. The molecule has 1 heterocycles. The summed E-state index contributed by atoms with van der Waals surface area (Å²) in [6.45, 7) is 2.73. The molecule has 0 bridgehead atoms. The molecule has 0 unspecified atom stereocenters. The zero-order valence-electron chi connectivity index (χ0n) is 5.87. The number of nitrogens with two attached hydrogens (primary N) is 1. The Morgan fingerprint density at radius 3 is 2.40 bits per heavy atom. The van der Waals surface area contributed by atoms with Crippen LogP contribution in [0.1, 0.15) is 6.92 Å². The molecule has 1 fully saturated rings. The van der Waals surface area contributed by atoms with Crippen molar-refractivity contribution in [1.82, 2.24) is 5.32 Å². The van der Waals surface area contributed by atoms with Crippen LogP contribution in [0.3, 0.4) is 0 Å². The highest BCUT2D eigenvalue weighted by Gasteiger charge is 2.29. The van der Waals surface area contributed by atoms with Crippen LogP contribution in [0.4, 0.5) is 0 Å². The van der Waals surface area contributed by atoms with Crippen LogP contribution in [0.2, 0.25) is 0 Å². The number of nitrogens with one attached hydrogen (secondary N) is 1. The first-order chi connectivity index (χ1) is 4.49. The molecular formula is C5H12N2O2S. The predicted octanol–water partition coefficient (Wildman–Crippen LogP) is -1.12. The smallest absolute Gasteiger partial charge is 0.209 e. The predicted molar refractivity (Wildman–Crippen MR) is 38.9 cm³/mol. The zero-order valence-corrected chi connectivity index (χ0v) is 6.69. The molecule has 0 aromatic carbocycles. The van der Waals surface area contributed by atoms with Crippen molar-refractivity contribution in [1.29, 1.82) is 0 Å². The SMILES string of the molecule is C[C@H]1NC[C@@H]1CS(N)(=O)=O. The van der Waals surface area contributed by atoms with Gasteiger partial charge in [0.25, 0.3) is 0 Å². The van der Waals surface area contributed by atoms with E-state index in [1.807, 2.05) is 6.92 Å². The summed E-state index contributed by atoms with van der Waals surface area (Å²) in [4.78, 5) is 0. The van der Waals surface area contributed by atoms with Gasteiger partial charge in [-0.1, -0.05) is 0 Å². The highest BCUT2D eigenvalue weighted by atomic mass is 32.2. The van der Waals surface area contributed by atoms with Gasteiger partial charge in [-0.25, -0.2) is 13.6 Å². The van der Waals surface area contributed by atoms with Crippen molar-refractivity contribution in [2.45, 2.75) is 13.0 Å². The first kappa shape index (κ1) is 7.97. The minimum Gasteiger partial charge on any atom is -0.314 e. The van der Waals surface area contributed by atoms with Crippen LogP contribution in [-0.2, 0) is 10.0 Å². The van der Waals surface area contributed by atoms with Crippen LogP contribution in [0.5, 0.6) is 0 Å². The summed E-state index contributed by atoms with van der Waals surface area (Å²) >= 11 is 0. The quantitative estimate of drug-likeness (QED) is 0.543. The molecule has 0 saturated carbocycles. The van der Waals surface area contributed by atoms with E-state index in [1.165, 1.54) is 0 Å². The van der Waals surface area contributed by atoms with Gasteiger partial charge in [-0.2, -0.15) is 0 Å². The van der Waals surface area contributed by atoms with Gasteiger partial charge in [-0.15, -0.1) is 0 Å². The minimum absolute atomic E-state index is 0.112. The van der Waals surface area contributed by atoms with Gasteiger partial charge in [0.1, 0.15) is 0 Å². The van der Waals surface area contributed by atoms with E-state index in [-0.39, 0.29) is 11.7 Å². The second-order valence-electron chi connectivity index (χ2n) is 2.79.